The molecule has 0 heterocycles. The van der Waals surface area contributed by atoms with E-state index in [-0.39, 0.29) is 16.3 Å². The molecule has 3 N–H and O–H groups in total. The number of rotatable bonds is 1. The Labute approximate surface area is 83.1 Å². The van der Waals surface area contributed by atoms with Crippen molar-refractivity contribution in [3.63, 3.8) is 0 Å². The summed E-state index contributed by atoms with van der Waals surface area (Å²) in [4.78, 5) is 0. The molecule has 0 aliphatic carbocycles. The highest BCUT2D eigenvalue weighted by Gasteiger charge is 2.37. The van der Waals surface area contributed by atoms with E-state index < -0.39 is 12.2 Å². The van der Waals surface area contributed by atoms with Crippen LogP contribution in [0.15, 0.2) is 18.2 Å². The van der Waals surface area contributed by atoms with Gasteiger partial charge in [0.25, 0.3) is 0 Å². The molecule has 78 valence electrons. The van der Waals surface area contributed by atoms with Gasteiger partial charge in [0.15, 0.2) is 0 Å². The highest BCUT2D eigenvalue weighted by Crippen LogP contribution is 2.33. The molecular weight excluding hydrogens is 219 g/mol. The largest absolute Gasteiger partial charge is 0.506 e. The normalized spacial score (nSPS) is 14.1. The van der Waals surface area contributed by atoms with E-state index in [1.54, 1.807) is 0 Å². The molecule has 0 amide bonds. The second-order valence-corrected chi connectivity index (χ2v) is 3.14. The molecule has 2 nitrogen and oxygen atoms in total. The molecule has 0 fully saturated rings. The number of alkyl halides is 3. The van der Waals surface area contributed by atoms with Gasteiger partial charge in [0.05, 0.1) is 5.02 Å². The quantitative estimate of drug-likeness (QED) is 0.772. The van der Waals surface area contributed by atoms with Crippen molar-refractivity contribution in [2.45, 2.75) is 12.2 Å². The second-order valence-electron chi connectivity index (χ2n) is 2.73. The summed E-state index contributed by atoms with van der Waals surface area (Å²) < 4.78 is 36.4. The molecule has 0 bridgehead atoms. The highest BCUT2D eigenvalue weighted by molar-refractivity contribution is 6.32. The topological polar surface area (TPSA) is 46.2 Å². The van der Waals surface area contributed by atoms with Crippen LogP contribution in [0.5, 0.6) is 5.75 Å². The molecule has 1 rings (SSSR count). The van der Waals surface area contributed by atoms with Crippen LogP contribution in [0, 0.1) is 0 Å². The predicted octanol–water partition coefficient (Wildman–Crippen LogP) is 2.61. The van der Waals surface area contributed by atoms with Gasteiger partial charge in [0.2, 0.25) is 0 Å². The van der Waals surface area contributed by atoms with Gasteiger partial charge < -0.3 is 10.8 Å². The van der Waals surface area contributed by atoms with Crippen molar-refractivity contribution >= 4 is 11.6 Å². The first-order chi connectivity index (χ1) is 6.32. The third kappa shape index (κ3) is 2.30. The zero-order valence-electron chi connectivity index (χ0n) is 6.85. The fourth-order valence-corrected chi connectivity index (χ4v) is 1.09. The highest BCUT2D eigenvalue weighted by atomic mass is 35.5. The molecule has 0 spiro atoms. The second kappa shape index (κ2) is 3.67. The summed E-state index contributed by atoms with van der Waals surface area (Å²) in [6.07, 6.45) is -4.51. The number of nitrogens with two attached hydrogens (primary N) is 1. The van der Waals surface area contributed by atoms with Crippen molar-refractivity contribution in [2.24, 2.45) is 5.73 Å². The Morgan fingerprint density at radius 1 is 1.36 bits per heavy atom. The van der Waals surface area contributed by atoms with Crippen LogP contribution in [0.4, 0.5) is 13.2 Å². The van der Waals surface area contributed by atoms with Gasteiger partial charge in [-0.2, -0.15) is 13.2 Å². The Morgan fingerprint density at radius 2 is 1.93 bits per heavy atom. The SMILES string of the molecule is N[C@@H](c1ccc(O)c(Cl)c1)C(F)(F)F. The fourth-order valence-electron chi connectivity index (χ4n) is 0.906. The lowest BCUT2D eigenvalue weighted by molar-refractivity contribution is -0.149. The Balaban J connectivity index is 3.03. The Bertz CT molecular complexity index is 340. The van der Waals surface area contributed by atoms with Crippen LogP contribution in [0.1, 0.15) is 11.6 Å². The first-order valence-electron chi connectivity index (χ1n) is 3.63. The van der Waals surface area contributed by atoms with Gasteiger partial charge >= 0.3 is 6.18 Å². The molecule has 1 aromatic rings. The summed E-state index contributed by atoms with van der Waals surface area (Å²) in [5.41, 5.74) is 4.75. The molecule has 0 saturated carbocycles. The first-order valence-corrected chi connectivity index (χ1v) is 4.01. The lowest BCUT2D eigenvalue weighted by Gasteiger charge is -2.16. The van der Waals surface area contributed by atoms with Crippen LogP contribution in [0.2, 0.25) is 5.02 Å². The van der Waals surface area contributed by atoms with Crippen molar-refractivity contribution in [2.75, 3.05) is 0 Å². The third-order valence-corrected chi connectivity index (χ3v) is 1.99. The molecule has 1 aromatic carbocycles. The molecule has 0 aliphatic heterocycles. The summed E-state index contributed by atoms with van der Waals surface area (Å²) in [5, 5.41) is 8.82. The Hall–Kier alpha value is -0.940. The number of hydrogen-bond donors (Lipinski definition) is 2. The number of phenolic OH excluding ortho intramolecular Hbond substituents is 1. The zero-order chi connectivity index (χ0) is 10.9. The number of aromatic hydroxyl groups is 1. The summed E-state index contributed by atoms with van der Waals surface area (Å²) >= 11 is 5.44. The third-order valence-electron chi connectivity index (χ3n) is 1.68. The first kappa shape index (κ1) is 11.1. The average Bonchev–Trinajstić information content (AvgIpc) is 2.07. The van der Waals surface area contributed by atoms with Gasteiger partial charge in [-0.1, -0.05) is 17.7 Å². The minimum absolute atomic E-state index is 0.151. The smallest absolute Gasteiger partial charge is 0.407 e. The van der Waals surface area contributed by atoms with Gasteiger partial charge in [-0.15, -0.1) is 0 Å². The van der Waals surface area contributed by atoms with Crippen molar-refractivity contribution in [3.05, 3.63) is 28.8 Å². The van der Waals surface area contributed by atoms with Crippen molar-refractivity contribution in [1.29, 1.82) is 0 Å². The minimum Gasteiger partial charge on any atom is -0.506 e. The minimum atomic E-state index is -4.51. The van der Waals surface area contributed by atoms with Gasteiger partial charge in [-0.05, 0) is 17.7 Å². The maximum Gasteiger partial charge on any atom is 0.407 e. The lowest BCUT2D eigenvalue weighted by Crippen LogP contribution is -2.28. The molecule has 0 unspecified atom stereocenters. The maximum atomic E-state index is 12.1. The lowest BCUT2D eigenvalue weighted by atomic mass is 10.1. The van der Waals surface area contributed by atoms with Crippen molar-refractivity contribution < 1.29 is 18.3 Å². The standard InChI is InChI=1S/C8H7ClF3NO/c9-5-3-4(1-2-6(5)14)7(13)8(10,11)12/h1-3,7,14H,13H2/t7-/m0/s1. The van der Waals surface area contributed by atoms with Gasteiger partial charge in [-0.25, -0.2) is 0 Å². The van der Waals surface area contributed by atoms with E-state index in [2.05, 4.69) is 0 Å². The van der Waals surface area contributed by atoms with E-state index in [1.165, 1.54) is 0 Å². The van der Waals surface area contributed by atoms with Gasteiger partial charge in [0, 0.05) is 0 Å². The molecule has 0 aliphatic rings. The van der Waals surface area contributed by atoms with Gasteiger partial charge in [0.1, 0.15) is 11.8 Å². The monoisotopic (exact) mass is 225 g/mol. The molecular formula is C8H7ClF3NO. The van der Waals surface area contributed by atoms with Crippen molar-refractivity contribution in [1.82, 2.24) is 0 Å². The Kier molecular flexibility index (Phi) is 2.92. The number of benzene rings is 1. The van der Waals surface area contributed by atoms with E-state index in [9.17, 15) is 13.2 Å². The molecule has 1 atom stereocenters. The predicted molar refractivity (Wildman–Crippen MR) is 46.1 cm³/mol. The number of halogens is 4. The van der Waals surface area contributed by atoms with Crippen LogP contribution in [-0.2, 0) is 0 Å². The zero-order valence-corrected chi connectivity index (χ0v) is 7.60. The molecule has 0 aromatic heterocycles. The van der Waals surface area contributed by atoms with E-state index in [4.69, 9.17) is 22.4 Å². The summed E-state index contributed by atoms with van der Waals surface area (Å²) in [7, 11) is 0. The van der Waals surface area contributed by atoms with E-state index in [0.717, 1.165) is 18.2 Å². The van der Waals surface area contributed by atoms with Crippen LogP contribution in [-0.4, -0.2) is 11.3 Å². The maximum absolute atomic E-state index is 12.1. The van der Waals surface area contributed by atoms with Crippen LogP contribution < -0.4 is 5.73 Å². The molecule has 6 heteroatoms. The average molecular weight is 226 g/mol. The number of hydrogen-bond acceptors (Lipinski definition) is 2. The Morgan fingerprint density at radius 3 is 2.36 bits per heavy atom. The van der Waals surface area contributed by atoms with E-state index in [1.807, 2.05) is 0 Å². The summed E-state index contributed by atoms with van der Waals surface area (Å²) in [5.74, 6) is -0.273. The van der Waals surface area contributed by atoms with E-state index >= 15 is 0 Å². The van der Waals surface area contributed by atoms with Crippen molar-refractivity contribution in [3.8, 4) is 5.75 Å². The number of phenols is 1. The van der Waals surface area contributed by atoms with Gasteiger partial charge in [-0.3, -0.25) is 0 Å². The summed E-state index contributed by atoms with van der Waals surface area (Å²) in [6, 6.07) is 1.07. The molecule has 0 radical (unpaired) electrons. The van der Waals surface area contributed by atoms with Crippen LogP contribution in [0.3, 0.4) is 0 Å². The molecule has 14 heavy (non-hydrogen) atoms. The van der Waals surface area contributed by atoms with Crippen LogP contribution >= 0.6 is 11.6 Å². The summed E-state index contributed by atoms with van der Waals surface area (Å²) in [6.45, 7) is 0. The fraction of sp³-hybridized carbons (Fsp3) is 0.250. The molecule has 0 saturated heterocycles. The van der Waals surface area contributed by atoms with Crippen LogP contribution in [0.25, 0.3) is 0 Å². The van der Waals surface area contributed by atoms with E-state index in [0.29, 0.717) is 0 Å².